The third-order valence-corrected chi connectivity index (χ3v) is 6.05. The molecule has 0 radical (unpaired) electrons. The smallest absolute Gasteiger partial charge is 0.419 e. The highest BCUT2D eigenvalue weighted by molar-refractivity contribution is 5.97. The molecule has 1 spiro atoms. The summed E-state index contributed by atoms with van der Waals surface area (Å²) in [5, 5.41) is 2.37. The predicted molar refractivity (Wildman–Crippen MR) is 111 cm³/mol. The first-order valence-electron chi connectivity index (χ1n) is 10.6. The van der Waals surface area contributed by atoms with Gasteiger partial charge in [0.2, 0.25) is 5.72 Å². The average molecular weight is 428 g/mol. The maximum atomic E-state index is 14.8. The molecular weight excluding hydrogens is 402 g/mol. The van der Waals surface area contributed by atoms with E-state index in [1.807, 2.05) is 32.0 Å². The van der Waals surface area contributed by atoms with Gasteiger partial charge in [-0.05, 0) is 50.8 Å². The number of aryl methyl sites for hydroxylation is 3. The van der Waals surface area contributed by atoms with Crippen molar-refractivity contribution < 1.29 is 23.1 Å². The molecule has 1 saturated carbocycles. The van der Waals surface area contributed by atoms with Gasteiger partial charge in [-0.25, -0.2) is 23.6 Å². The largest absolute Gasteiger partial charge is 0.431 e. The molecule has 31 heavy (non-hydrogen) atoms. The van der Waals surface area contributed by atoms with E-state index in [1.165, 1.54) is 23.0 Å². The molecule has 1 saturated heterocycles. The monoisotopic (exact) mass is 428 g/mol. The Morgan fingerprint density at radius 3 is 2.32 bits per heavy atom. The molecule has 2 amide bonds. The topological polar surface area (TPSA) is 49.9 Å². The minimum atomic E-state index is -1.21. The Balaban J connectivity index is 1.79. The first-order valence-corrected chi connectivity index (χ1v) is 10.6. The summed E-state index contributed by atoms with van der Waals surface area (Å²) in [6.07, 6.45) is 2.65. The van der Waals surface area contributed by atoms with Gasteiger partial charge in [-0.2, -0.15) is 0 Å². The first-order chi connectivity index (χ1) is 14.7. The van der Waals surface area contributed by atoms with Crippen LogP contribution in [0.5, 0.6) is 0 Å². The Morgan fingerprint density at radius 2 is 1.68 bits per heavy atom. The molecule has 2 fully saturated rings. The van der Waals surface area contributed by atoms with Gasteiger partial charge in [-0.3, -0.25) is 4.79 Å². The van der Waals surface area contributed by atoms with E-state index in [1.54, 1.807) is 0 Å². The van der Waals surface area contributed by atoms with E-state index in [4.69, 9.17) is 4.74 Å². The third kappa shape index (κ3) is 3.77. The number of hydrogen-bond acceptors (Lipinski definition) is 3. The lowest BCUT2D eigenvalue weighted by atomic mass is 9.90. The summed E-state index contributed by atoms with van der Waals surface area (Å²) < 4.78 is 35.2. The maximum absolute atomic E-state index is 14.8. The molecule has 2 aromatic carbocycles. The number of nitrogens with zero attached hydrogens (tertiary/aromatic N) is 2. The molecule has 7 heteroatoms. The summed E-state index contributed by atoms with van der Waals surface area (Å²) in [5.41, 5.74) is 1.13. The van der Waals surface area contributed by atoms with Crippen molar-refractivity contribution in [1.29, 1.82) is 0 Å². The van der Waals surface area contributed by atoms with E-state index in [-0.39, 0.29) is 12.1 Å². The minimum Gasteiger partial charge on any atom is -0.419 e. The Bertz CT molecular complexity index is 1030. The van der Waals surface area contributed by atoms with Crippen molar-refractivity contribution in [1.82, 2.24) is 10.0 Å². The van der Waals surface area contributed by atoms with Crippen molar-refractivity contribution in [2.24, 2.45) is 0 Å². The van der Waals surface area contributed by atoms with Crippen LogP contribution >= 0.6 is 0 Å². The zero-order chi connectivity index (χ0) is 22.3. The summed E-state index contributed by atoms with van der Waals surface area (Å²) in [5.74, 6) is -2.76. The standard InChI is InChI=1S/C24H26F2N2O3/c1-15-11-16(2)13-18(12-15)14-27-23(30)31-24(9-5-4-6-10-24)28(27)22(29)20-19(25)8-7-17(3)21(20)26/h7-8,11-13H,4-6,9-10,14H2,1-3H3. The third-order valence-electron chi connectivity index (χ3n) is 6.05. The molecule has 2 aromatic rings. The van der Waals surface area contributed by atoms with Crippen LogP contribution in [0, 0.1) is 32.4 Å². The van der Waals surface area contributed by atoms with E-state index in [9.17, 15) is 18.4 Å². The second-order valence-electron chi connectivity index (χ2n) is 8.60. The molecular formula is C24H26F2N2O3. The van der Waals surface area contributed by atoms with Crippen LogP contribution < -0.4 is 0 Å². The highest BCUT2D eigenvalue weighted by Crippen LogP contribution is 2.42. The zero-order valence-corrected chi connectivity index (χ0v) is 18.0. The molecule has 164 valence electrons. The second-order valence-corrected chi connectivity index (χ2v) is 8.60. The van der Waals surface area contributed by atoms with E-state index < -0.39 is 34.9 Å². The van der Waals surface area contributed by atoms with Crippen LogP contribution in [-0.2, 0) is 11.3 Å². The predicted octanol–water partition coefficient (Wildman–Crippen LogP) is 5.56. The van der Waals surface area contributed by atoms with Gasteiger partial charge >= 0.3 is 6.09 Å². The maximum Gasteiger partial charge on any atom is 0.431 e. The molecule has 5 nitrogen and oxygen atoms in total. The van der Waals surface area contributed by atoms with Crippen molar-refractivity contribution in [3.63, 3.8) is 0 Å². The van der Waals surface area contributed by atoms with Gasteiger partial charge in [-0.15, -0.1) is 0 Å². The Hall–Kier alpha value is -2.96. The van der Waals surface area contributed by atoms with Gasteiger partial charge < -0.3 is 4.74 Å². The van der Waals surface area contributed by atoms with Gasteiger partial charge in [0.25, 0.3) is 5.91 Å². The van der Waals surface area contributed by atoms with Gasteiger partial charge in [0.15, 0.2) is 0 Å². The van der Waals surface area contributed by atoms with Crippen LogP contribution in [0.4, 0.5) is 13.6 Å². The lowest BCUT2D eigenvalue weighted by Crippen LogP contribution is -2.55. The fourth-order valence-electron chi connectivity index (χ4n) is 4.70. The first kappa shape index (κ1) is 21.3. The van der Waals surface area contributed by atoms with Gasteiger partial charge in [0.05, 0.1) is 6.54 Å². The highest BCUT2D eigenvalue weighted by atomic mass is 19.1. The molecule has 4 rings (SSSR count). The van der Waals surface area contributed by atoms with Crippen LogP contribution in [0.3, 0.4) is 0 Å². The second kappa shape index (κ2) is 7.94. The number of hydrazine groups is 1. The van der Waals surface area contributed by atoms with Crippen LogP contribution in [-0.4, -0.2) is 27.7 Å². The highest BCUT2D eigenvalue weighted by Gasteiger charge is 2.55. The number of halogens is 2. The van der Waals surface area contributed by atoms with Crippen LogP contribution in [0.15, 0.2) is 30.3 Å². The minimum absolute atomic E-state index is 0.0733. The van der Waals surface area contributed by atoms with Gasteiger partial charge in [0.1, 0.15) is 17.2 Å². The van der Waals surface area contributed by atoms with Crippen molar-refractivity contribution >= 4 is 12.0 Å². The lowest BCUT2D eigenvalue weighted by molar-refractivity contribution is -0.106. The van der Waals surface area contributed by atoms with Crippen molar-refractivity contribution in [3.05, 3.63) is 69.8 Å². The SMILES string of the molecule is Cc1cc(C)cc(CN2C(=O)OC3(CCCCC3)N2C(=O)c2c(F)ccc(C)c2F)c1. The number of benzene rings is 2. The fraction of sp³-hybridized carbons (Fsp3) is 0.417. The normalized spacial score (nSPS) is 17.9. The van der Waals surface area contributed by atoms with Gasteiger partial charge in [0, 0.05) is 12.8 Å². The van der Waals surface area contributed by atoms with Crippen LogP contribution in [0.25, 0.3) is 0 Å². The molecule has 1 heterocycles. The zero-order valence-electron chi connectivity index (χ0n) is 18.0. The number of carbonyl (C=O) groups excluding carboxylic acids is 2. The molecule has 0 N–H and O–H groups in total. The van der Waals surface area contributed by atoms with Crippen molar-refractivity contribution in [2.45, 2.75) is 65.1 Å². The van der Waals surface area contributed by atoms with Crippen molar-refractivity contribution in [2.75, 3.05) is 0 Å². The Kier molecular flexibility index (Phi) is 5.45. The summed E-state index contributed by atoms with van der Waals surface area (Å²) in [7, 11) is 0. The van der Waals surface area contributed by atoms with E-state index in [0.29, 0.717) is 12.8 Å². The summed E-state index contributed by atoms with van der Waals surface area (Å²) >= 11 is 0. The summed E-state index contributed by atoms with van der Waals surface area (Å²) in [4.78, 5) is 26.5. The van der Waals surface area contributed by atoms with E-state index >= 15 is 0 Å². The Morgan fingerprint density at radius 1 is 1.03 bits per heavy atom. The Labute approximate surface area is 180 Å². The quantitative estimate of drug-likeness (QED) is 0.643. The molecule has 0 unspecified atom stereocenters. The summed E-state index contributed by atoms with van der Waals surface area (Å²) in [6, 6.07) is 8.21. The average Bonchev–Trinajstić information content (AvgIpc) is 2.95. The molecule has 1 aliphatic carbocycles. The van der Waals surface area contributed by atoms with Crippen molar-refractivity contribution in [3.8, 4) is 0 Å². The molecule has 1 aliphatic heterocycles. The number of amides is 2. The molecule has 0 aromatic heterocycles. The fourth-order valence-corrected chi connectivity index (χ4v) is 4.70. The van der Waals surface area contributed by atoms with E-state index in [0.717, 1.165) is 42.0 Å². The number of carbonyl (C=O) groups is 2. The number of ether oxygens (including phenoxy) is 1. The van der Waals surface area contributed by atoms with Gasteiger partial charge in [-0.1, -0.05) is 41.8 Å². The molecule has 0 bridgehead atoms. The number of hydrogen-bond donors (Lipinski definition) is 0. The molecule has 0 atom stereocenters. The summed E-state index contributed by atoms with van der Waals surface area (Å²) in [6.45, 7) is 5.44. The lowest BCUT2D eigenvalue weighted by Gasteiger charge is -2.40. The van der Waals surface area contributed by atoms with Crippen LogP contribution in [0.2, 0.25) is 0 Å². The number of rotatable bonds is 3. The van der Waals surface area contributed by atoms with Crippen LogP contribution in [0.1, 0.15) is 64.7 Å². The molecule has 2 aliphatic rings. The van der Waals surface area contributed by atoms with E-state index in [2.05, 4.69) is 0 Å².